The first kappa shape index (κ1) is 9.88. The van der Waals surface area contributed by atoms with Crippen molar-refractivity contribution in [3.8, 4) is 0 Å². The van der Waals surface area contributed by atoms with Crippen LogP contribution >= 0.6 is 0 Å². The Labute approximate surface area is 62.0 Å². The van der Waals surface area contributed by atoms with Gasteiger partial charge in [0.2, 0.25) is 0 Å². The van der Waals surface area contributed by atoms with Crippen LogP contribution in [0.25, 0.3) is 0 Å². The van der Waals surface area contributed by atoms with E-state index in [1.165, 1.54) is 0 Å². The topological polar surface area (TPSA) is 38.7 Å². The molecule has 0 aromatic rings. The van der Waals surface area contributed by atoms with Crippen LogP contribution in [0.2, 0.25) is 0 Å². The maximum absolute atomic E-state index is 8.29. The van der Waals surface area contributed by atoms with Crippen LogP contribution < -0.4 is 0 Å². The number of hydrogen-bond donors (Lipinski definition) is 1. The van der Waals surface area contributed by atoms with E-state index >= 15 is 0 Å². The molecule has 10 heavy (non-hydrogen) atoms. The number of aliphatic hydroxyl groups is 1. The van der Waals surface area contributed by atoms with Gasteiger partial charge in [0.1, 0.15) is 6.79 Å². The third-order valence-electron chi connectivity index (χ3n) is 1.16. The van der Waals surface area contributed by atoms with Crippen LogP contribution in [0, 0.1) is 0 Å². The number of aliphatic hydroxyl groups excluding tert-OH is 1. The van der Waals surface area contributed by atoms with Crippen molar-refractivity contribution in [2.24, 2.45) is 0 Å². The van der Waals surface area contributed by atoms with E-state index in [-0.39, 0.29) is 13.1 Å². The first-order chi connectivity index (χ1) is 4.81. The Hall–Kier alpha value is -0.120. The number of unbranched alkanes of at least 4 members (excludes halogenated alkanes) is 1. The summed E-state index contributed by atoms with van der Waals surface area (Å²) in [5.41, 5.74) is 0. The highest BCUT2D eigenvalue weighted by molar-refractivity contribution is 4.33. The highest BCUT2D eigenvalue weighted by Crippen LogP contribution is 1.95. The van der Waals surface area contributed by atoms with Crippen LogP contribution in [0.15, 0.2) is 0 Å². The van der Waals surface area contributed by atoms with Gasteiger partial charge in [-0.15, -0.1) is 0 Å². The molecule has 0 aromatic carbocycles. The van der Waals surface area contributed by atoms with E-state index < -0.39 is 0 Å². The minimum Gasteiger partial charge on any atom is -0.371 e. The second-order valence-corrected chi connectivity index (χ2v) is 2.09. The van der Waals surface area contributed by atoms with Gasteiger partial charge in [0.05, 0.1) is 0 Å². The van der Waals surface area contributed by atoms with E-state index in [1.807, 2.05) is 0 Å². The minimum absolute atomic E-state index is 0.271. The predicted octanol–water partition coefficient (Wildman–Crippen LogP) is 1.12. The molecule has 1 atom stereocenters. The second kappa shape index (κ2) is 6.99. The zero-order valence-corrected chi connectivity index (χ0v) is 6.67. The number of rotatable bonds is 6. The lowest BCUT2D eigenvalue weighted by Crippen LogP contribution is -2.14. The Morgan fingerprint density at radius 3 is 2.60 bits per heavy atom. The van der Waals surface area contributed by atoms with Crippen molar-refractivity contribution in [1.82, 2.24) is 0 Å². The molecule has 0 spiro atoms. The van der Waals surface area contributed by atoms with Gasteiger partial charge in [0.25, 0.3) is 0 Å². The lowest BCUT2D eigenvalue weighted by molar-refractivity contribution is -0.171. The van der Waals surface area contributed by atoms with Gasteiger partial charge in [-0.25, -0.2) is 0 Å². The highest BCUT2D eigenvalue weighted by atomic mass is 16.7. The Bertz CT molecular complexity index is 65.9. The Kier molecular flexibility index (Phi) is 6.91. The van der Waals surface area contributed by atoms with E-state index in [9.17, 15) is 0 Å². The monoisotopic (exact) mass is 148 g/mol. The fraction of sp³-hybridized carbons (Fsp3) is 1.00. The number of ether oxygens (including phenoxy) is 2. The molecule has 0 radical (unpaired) electrons. The van der Waals surface area contributed by atoms with Crippen molar-refractivity contribution in [1.29, 1.82) is 0 Å². The molecular weight excluding hydrogens is 132 g/mol. The third-order valence-corrected chi connectivity index (χ3v) is 1.16. The lowest BCUT2D eigenvalue weighted by Gasteiger charge is -2.10. The molecule has 3 heteroatoms. The van der Waals surface area contributed by atoms with E-state index in [0.29, 0.717) is 6.61 Å². The summed E-state index contributed by atoms with van der Waals surface area (Å²) >= 11 is 0. The summed E-state index contributed by atoms with van der Waals surface area (Å²) in [6, 6.07) is 0. The average molecular weight is 148 g/mol. The molecule has 0 aromatic heterocycles. The summed E-state index contributed by atoms with van der Waals surface area (Å²) in [6.07, 6.45) is 1.88. The van der Waals surface area contributed by atoms with Gasteiger partial charge in [0, 0.05) is 6.61 Å². The summed E-state index contributed by atoms with van der Waals surface area (Å²) in [5, 5.41) is 8.29. The van der Waals surface area contributed by atoms with Crippen LogP contribution in [0.4, 0.5) is 0 Å². The van der Waals surface area contributed by atoms with E-state index in [1.54, 1.807) is 6.92 Å². The number of hydrogen-bond acceptors (Lipinski definition) is 3. The summed E-state index contributed by atoms with van der Waals surface area (Å²) in [5.74, 6) is 0. The van der Waals surface area contributed by atoms with Crippen LogP contribution in [0.5, 0.6) is 0 Å². The maximum Gasteiger partial charge on any atom is 0.157 e. The van der Waals surface area contributed by atoms with Crippen molar-refractivity contribution in [3.63, 3.8) is 0 Å². The van der Waals surface area contributed by atoms with Gasteiger partial charge in [0.15, 0.2) is 6.29 Å². The molecule has 62 valence electrons. The molecule has 3 nitrogen and oxygen atoms in total. The normalized spacial score (nSPS) is 13.5. The van der Waals surface area contributed by atoms with Gasteiger partial charge in [-0.3, -0.25) is 0 Å². The zero-order chi connectivity index (χ0) is 7.82. The Morgan fingerprint density at radius 1 is 1.40 bits per heavy atom. The molecule has 0 saturated heterocycles. The molecule has 1 N–H and O–H groups in total. The fourth-order valence-electron chi connectivity index (χ4n) is 0.547. The van der Waals surface area contributed by atoms with Crippen LogP contribution in [-0.2, 0) is 9.47 Å². The Balaban J connectivity index is 2.97. The first-order valence-corrected chi connectivity index (χ1v) is 3.65. The van der Waals surface area contributed by atoms with Crippen molar-refractivity contribution in [2.75, 3.05) is 13.4 Å². The van der Waals surface area contributed by atoms with E-state index in [0.717, 1.165) is 12.8 Å². The fourth-order valence-corrected chi connectivity index (χ4v) is 0.547. The van der Waals surface area contributed by atoms with Gasteiger partial charge in [-0.1, -0.05) is 13.3 Å². The molecule has 0 fully saturated rings. The molecule has 0 bridgehead atoms. The summed E-state index contributed by atoms with van der Waals surface area (Å²) in [6.45, 7) is 4.30. The van der Waals surface area contributed by atoms with Gasteiger partial charge < -0.3 is 14.6 Å². The molecule has 0 aliphatic carbocycles. The van der Waals surface area contributed by atoms with Crippen molar-refractivity contribution < 1.29 is 14.6 Å². The maximum atomic E-state index is 8.29. The largest absolute Gasteiger partial charge is 0.371 e. The SMILES string of the molecule is CCCCOC(C)OCO. The summed E-state index contributed by atoms with van der Waals surface area (Å²) in [7, 11) is 0. The molecular formula is C7H16O3. The minimum atomic E-state index is -0.281. The van der Waals surface area contributed by atoms with E-state index in [4.69, 9.17) is 14.6 Å². The van der Waals surface area contributed by atoms with Crippen molar-refractivity contribution in [2.45, 2.75) is 33.0 Å². The van der Waals surface area contributed by atoms with Gasteiger partial charge in [-0.2, -0.15) is 0 Å². The standard InChI is InChI=1S/C7H16O3/c1-3-4-5-9-7(2)10-6-8/h7-8H,3-6H2,1-2H3. The first-order valence-electron chi connectivity index (χ1n) is 3.65. The second-order valence-electron chi connectivity index (χ2n) is 2.09. The molecule has 0 rings (SSSR count). The van der Waals surface area contributed by atoms with Crippen molar-refractivity contribution in [3.05, 3.63) is 0 Å². The van der Waals surface area contributed by atoms with Gasteiger partial charge in [-0.05, 0) is 13.3 Å². The zero-order valence-electron chi connectivity index (χ0n) is 6.67. The summed E-state index contributed by atoms with van der Waals surface area (Å²) in [4.78, 5) is 0. The highest BCUT2D eigenvalue weighted by Gasteiger charge is 1.98. The molecule has 1 unspecified atom stereocenters. The molecule has 0 aliphatic heterocycles. The molecule has 0 saturated carbocycles. The predicted molar refractivity (Wildman–Crippen MR) is 38.5 cm³/mol. The van der Waals surface area contributed by atoms with Gasteiger partial charge >= 0.3 is 0 Å². The molecule has 0 aliphatic rings. The van der Waals surface area contributed by atoms with Crippen LogP contribution in [0.3, 0.4) is 0 Å². The quantitative estimate of drug-likeness (QED) is 0.453. The van der Waals surface area contributed by atoms with E-state index in [2.05, 4.69) is 6.92 Å². The molecule has 0 heterocycles. The third kappa shape index (κ3) is 6.01. The van der Waals surface area contributed by atoms with Crippen LogP contribution in [0.1, 0.15) is 26.7 Å². The Morgan fingerprint density at radius 2 is 2.10 bits per heavy atom. The molecule has 0 amide bonds. The van der Waals surface area contributed by atoms with Crippen molar-refractivity contribution >= 4 is 0 Å². The average Bonchev–Trinajstić information content (AvgIpc) is 1.89. The smallest absolute Gasteiger partial charge is 0.157 e. The summed E-state index contributed by atoms with van der Waals surface area (Å²) < 4.78 is 9.86. The lowest BCUT2D eigenvalue weighted by atomic mass is 10.4. The van der Waals surface area contributed by atoms with Crippen LogP contribution in [-0.4, -0.2) is 24.8 Å².